The third kappa shape index (κ3) is 4.52. The third-order valence-electron chi connectivity index (χ3n) is 2.92. The molecule has 1 aliphatic rings. The Morgan fingerprint density at radius 2 is 2.17 bits per heavy atom. The van der Waals surface area contributed by atoms with Crippen molar-refractivity contribution in [2.45, 2.75) is 38.8 Å². The third-order valence-corrected chi connectivity index (χ3v) is 2.92. The van der Waals surface area contributed by atoms with Crippen LogP contribution in [0.3, 0.4) is 0 Å². The predicted molar refractivity (Wildman–Crippen MR) is 66.2 cm³/mol. The lowest BCUT2D eigenvalue weighted by Crippen LogP contribution is -2.50. The summed E-state index contributed by atoms with van der Waals surface area (Å²) in [5.41, 5.74) is 0. The minimum atomic E-state index is -0.625. The Balaban J connectivity index is 2.33. The van der Waals surface area contributed by atoms with Crippen molar-refractivity contribution in [3.05, 3.63) is 0 Å². The van der Waals surface area contributed by atoms with Crippen LogP contribution in [-0.2, 0) is 14.3 Å². The molecule has 1 rings (SSSR count). The van der Waals surface area contributed by atoms with Gasteiger partial charge in [-0.25, -0.2) is 9.59 Å². The highest BCUT2D eigenvalue weighted by molar-refractivity contribution is 5.83. The van der Waals surface area contributed by atoms with E-state index in [1.807, 2.05) is 13.8 Å². The normalized spacial score (nSPS) is 20.6. The average molecular weight is 258 g/mol. The van der Waals surface area contributed by atoms with Gasteiger partial charge in [-0.2, -0.15) is 0 Å². The molecule has 0 aromatic heterocycles. The molecule has 0 aromatic carbocycles. The van der Waals surface area contributed by atoms with Gasteiger partial charge in [0.15, 0.2) is 0 Å². The fourth-order valence-electron chi connectivity index (χ4n) is 1.83. The van der Waals surface area contributed by atoms with Crippen molar-refractivity contribution in [2.75, 3.05) is 20.3 Å². The number of ether oxygens (including phenoxy) is 2. The van der Waals surface area contributed by atoms with Crippen molar-refractivity contribution >= 4 is 12.0 Å². The van der Waals surface area contributed by atoms with E-state index in [0.717, 1.165) is 19.4 Å². The van der Waals surface area contributed by atoms with Crippen LogP contribution in [0, 0.1) is 5.92 Å². The molecule has 0 bridgehead atoms. The molecule has 0 aliphatic carbocycles. The van der Waals surface area contributed by atoms with Crippen molar-refractivity contribution in [1.29, 1.82) is 0 Å². The summed E-state index contributed by atoms with van der Waals surface area (Å²) in [7, 11) is 1.31. The van der Waals surface area contributed by atoms with E-state index >= 15 is 0 Å². The zero-order chi connectivity index (χ0) is 13.5. The van der Waals surface area contributed by atoms with Crippen LogP contribution in [0.15, 0.2) is 0 Å². The number of amides is 2. The summed E-state index contributed by atoms with van der Waals surface area (Å²) in [6.45, 7) is 4.92. The van der Waals surface area contributed by atoms with Crippen LogP contribution >= 0.6 is 0 Å². The number of hydrogen-bond donors (Lipinski definition) is 2. The SMILES string of the molecule is COC(=O)C(NC(=O)NCC1CCCO1)C(C)C. The van der Waals surface area contributed by atoms with Crippen molar-refractivity contribution in [3.8, 4) is 0 Å². The van der Waals surface area contributed by atoms with Crippen molar-refractivity contribution < 1.29 is 19.1 Å². The van der Waals surface area contributed by atoms with E-state index in [1.165, 1.54) is 7.11 Å². The second-order valence-corrected chi connectivity index (χ2v) is 4.73. The highest BCUT2D eigenvalue weighted by Gasteiger charge is 2.25. The molecular weight excluding hydrogens is 236 g/mol. The first-order valence-electron chi connectivity index (χ1n) is 6.28. The molecule has 0 saturated carbocycles. The summed E-state index contributed by atoms with van der Waals surface area (Å²) < 4.78 is 10.0. The maximum Gasteiger partial charge on any atom is 0.328 e. The standard InChI is InChI=1S/C12H22N2O4/c1-8(2)10(11(15)17-3)14-12(16)13-7-9-5-4-6-18-9/h8-10H,4-7H2,1-3H3,(H2,13,14,16). The highest BCUT2D eigenvalue weighted by atomic mass is 16.5. The molecule has 2 N–H and O–H groups in total. The van der Waals surface area contributed by atoms with Crippen LogP contribution < -0.4 is 10.6 Å². The number of hydrogen-bond acceptors (Lipinski definition) is 4. The Morgan fingerprint density at radius 3 is 2.67 bits per heavy atom. The minimum Gasteiger partial charge on any atom is -0.467 e. The first-order chi connectivity index (χ1) is 8.54. The van der Waals surface area contributed by atoms with Crippen LogP contribution in [-0.4, -0.2) is 44.4 Å². The topological polar surface area (TPSA) is 76.7 Å². The predicted octanol–water partition coefficient (Wildman–Crippen LogP) is 0.662. The molecule has 18 heavy (non-hydrogen) atoms. The summed E-state index contributed by atoms with van der Waals surface area (Å²) in [4.78, 5) is 23.1. The van der Waals surface area contributed by atoms with Crippen LogP contribution in [0.1, 0.15) is 26.7 Å². The zero-order valence-electron chi connectivity index (χ0n) is 11.2. The summed E-state index contributed by atoms with van der Waals surface area (Å²) in [5.74, 6) is -0.455. The number of carbonyl (C=O) groups excluding carboxylic acids is 2. The van der Waals surface area contributed by atoms with Crippen LogP contribution in [0.25, 0.3) is 0 Å². The number of methoxy groups -OCH3 is 1. The smallest absolute Gasteiger partial charge is 0.328 e. The van der Waals surface area contributed by atoms with Gasteiger partial charge in [0, 0.05) is 13.2 Å². The van der Waals surface area contributed by atoms with Gasteiger partial charge in [-0.15, -0.1) is 0 Å². The molecular formula is C12H22N2O4. The monoisotopic (exact) mass is 258 g/mol. The van der Waals surface area contributed by atoms with Gasteiger partial charge < -0.3 is 20.1 Å². The Labute approximate surface area is 107 Å². The fraction of sp³-hybridized carbons (Fsp3) is 0.833. The van der Waals surface area contributed by atoms with Gasteiger partial charge in [0.1, 0.15) is 6.04 Å². The van der Waals surface area contributed by atoms with E-state index < -0.39 is 12.0 Å². The number of esters is 1. The van der Waals surface area contributed by atoms with Gasteiger partial charge in [0.05, 0.1) is 13.2 Å². The quantitative estimate of drug-likeness (QED) is 0.710. The van der Waals surface area contributed by atoms with Crippen LogP contribution in [0.2, 0.25) is 0 Å². The summed E-state index contributed by atoms with van der Waals surface area (Å²) in [5, 5.41) is 5.32. The van der Waals surface area contributed by atoms with E-state index in [-0.39, 0.29) is 18.1 Å². The van der Waals surface area contributed by atoms with Crippen molar-refractivity contribution in [3.63, 3.8) is 0 Å². The molecule has 104 valence electrons. The lowest BCUT2D eigenvalue weighted by molar-refractivity contribution is -0.143. The van der Waals surface area contributed by atoms with Crippen molar-refractivity contribution in [1.82, 2.24) is 10.6 Å². The van der Waals surface area contributed by atoms with Gasteiger partial charge in [-0.1, -0.05) is 13.8 Å². The number of nitrogens with one attached hydrogen (secondary N) is 2. The van der Waals surface area contributed by atoms with E-state index in [0.29, 0.717) is 6.54 Å². The van der Waals surface area contributed by atoms with E-state index in [4.69, 9.17) is 4.74 Å². The zero-order valence-corrected chi connectivity index (χ0v) is 11.2. The van der Waals surface area contributed by atoms with Gasteiger partial charge in [0.2, 0.25) is 0 Å². The molecule has 1 aliphatic heterocycles. The number of urea groups is 1. The maximum absolute atomic E-state index is 11.6. The van der Waals surface area contributed by atoms with Gasteiger partial charge in [-0.3, -0.25) is 0 Å². The molecule has 2 atom stereocenters. The van der Waals surface area contributed by atoms with E-state index in [2.05, 4.69) is 15.4 Å². The van der Waals surface area contributed by atoms with Gasteiger partial charge in [-0.05, 0) is 18.8 Å². The molecule has 1 fully saturated rings. The van der Waals surface area contributed by atoms with Crippen molar-refractivity contribution in [2.24, 2.45) is 5.92 Å². The molecule has 2 unspecified atom stereocenters. The number of rotatable bonds is 5. The first kappa shape index (κ1) is 14.8. The summed E-state index contributed by atoms with van der Waals surface area (Å²) >= 11 is 0. The Bertz CT molecular complexity index is 288. The second kappa shape index (κ2) is 7.20. The first-order valence-corrected chi connectivity index (χ1v) is 6.28. The lowest BCUT2D eigenvalue weighted by atomic mass is 10.1. The Kier molecular flexibility index (Phi) is 5.91. The molecule has 6 nitrogen and oxygen atoms in total. The van der Waals surface area contributed by atoms with E-state index in [9.17, 15) is 9.59 Å². The Morgan fingerprint density at radius 1 is 1.44 bits per heavy atom. The van der Waals surface area contributed by atoms with Gasteiger partial charge in [0.25, 0.3) is 0 Å². The molecule has 0 spiro atoms. The molecule has 6 heteroatoms. The molecule has 2 amide bonds. The van der Waals surface area contributed by atoms with E-state index in [1.54, 1.807) is 0 Å². The molecule has 1 heterocycles. The highest BCUT2D eigenvalue weighted by Crippen LogP contribution is 2.10. The fourth-order valence-corrected chi connectivity index (χ4v) is 1.83. The van der Waals surface area contributed by atoms with Crippen LogP contribution in [0.5, 0.6) is 0 Å². The molecule has 0 aromatic rings. The number of carbonyl (C=O) groups is 2. The van der Waals surface area contributed by atoms with Gasteiger partial charge >= 0.3 is 12.0 Å². The summed E-state index contributed by atoms with van der Waals surface area (Å²) in [6, 6.07) is -0.992. The maximum atomic E-state index is 11.6. The molecule has 0 radical (unpaired) electrons. The second-order valence-electron chi connectivity index (χ2n) is 4.73. The minimum absolute atomic E-state index is 0.0223. The summed E-state index contributed by atoms with van der Waals surface area (Å²) in [6.07, 6.45) is 2.08. The average Bonchev–Trinajstić information content (AvgIpc) is 2.85. The van der Waals surface area contributed by atoms with Crippen LogP contribution in [0.4, 0.5) is 4.79 Å². The largest absolute Gasteiger partial charge is 0.467 e. The lowest BCUT2D eigenvalue weighted by Gasteiger charge is -2.20. The Hall–Kier alpha value is -1.30. The molecule has 1 saturated heterocycles.